The number of rotatable bonds is 2. The summed E-state index contributed by atoms with van der Waals surface area (Å²) in [5.41, 5.74) is 1.07. The highest BCUT2D eigenvalue weighted by molar-refractivity contribution is 5.85. The van der Waals surface area contributed by atoms with Crippen molar-refractivity contribution in [1.82, 2.24) is 0 Å². The lowest BCUT2D eigenvalue weighted by atomic mass is 9.95. The molecule has 0 spiro atoms. The normalized spacial score (nSPS) is 14.6. The lowest BCUT2D eigenvalue weighted by Gasteiger charge is -2.27. The van der Waals surface area contributed by atoms with Gasteiger partial charge in [0.25, 0.3) is 0 Å². The number of nitrogens with two attached hydrogens (primary N) is 1. The summed E-state index contributed by atoms with van der Waals surface area (Å²) in [7, 11) is 0. The van der Waals surface area contributed by atoms with Crippen LogP contribution in [0.2, 0.25) is 0 Å². The highest BCUT2D eigenvalue weighted by Gasteiger charge is 2.62. The fourth-order valence-electron chi connectivity index (χ4n) is 1.42. The molecule has 0 heterocycles. The molecule has 1 aromatic carbocycles. The molecule has 21 heavy (non-hydrogen) atoms. The Morgan fingerprint density at radius 2 is 1.38 bits per heavy atom. The first kappa shape index (κ1) is 19.8. The molecule has 0 radical (unpaired) electrons. The molecule has 0 saturated carbocycles. The maximum atomic E-state index is 13.0. The van der Waals surface area contributed by atoms with Crippen molar-refractivity contribution in [2.45, 2.75) is 24.3 Å². The van der Waals surface area contributed by atoms with Gasteiger partial charge in [0, 0.05) is 0 Å². The van der Waals surface area contributed by atoms with Gasteiger partial charge in [-0.25, -0.2) is 4.39 Å². The Kier molecular flexibility index (Phi) is 5.59. The van der Waals surface area contributed by atoms with Crippen molar-refractivity contribution in [3.63, 3.8) is 0 Å². The zero-order chi connectivity index (χ0) is 15.9. The van der Waals surface area contributed by atoms with Gasteiger partial charge in [-0.1, -0.05) is 0 Å². The molecule has 0 aliphatic rings. The van der Waals surface area contributed by atoms with Crippen LogP contribution in [0.4, 0.5) is 39.5 Å². The molecule has 11 heteroatoms. The van der Waals surface area contributed by atoms with E-state index < -0.39 is 41.3 Å². The number of benzene rings is 1. The molecule has 0 aromatic heterocycles. The summed E-state index contributed by atoms with van der Waals surface area (Å²) >= 11 is 0. The monoisotopic (exact) mass is 347 g/mol. The molecule has 0 saturated heterocycles. The Morgan fingerprint density at radius 3 is 1.76 bits per heavy atom. The Labute approximate surface area is 118 Å². The third kappa shape index (κ3) is 3.94. The van der Waals surface area contributed by atoms with Gasteiger partial charge in [0.2, 0.25) is 0 Å². The fourth-order valence-corrected chi connectivity index (χ4v) is 1.42. The van der Waals surface area contributed by atoms with Crippen molar-refractivity contribution >= 4 is 12.4 Å². The summed E-state index contributed by atoms with van der Waals surface area (Å²) in [6.07, 6.45) is -11.4. The van der Waals surface area contributed by atoms with Gasteiger partial charge >= 0.3 is 18.3 Å². The maximum Gasteiger partial charge on any atom is 0.455 e. The lowest BCUT2D eigenvalue weighted by Crippen LogP contribution is -2.46. The van der Waals surface area contributed by atoms with E-state index in [2.05, 4.69) is 5.73 Å². The first-order valence-electron chi connectivity index (χ1n) is 4.85. The van der Waals surface area contributed by atoms with Crippen LogP contribution in [0.1, 0.15) is 17.2 Å². The molecule has 1 atom stereocenters. The first-order valence-corrected chi connectivity index (χ1v) is 4.85. The molecule has 0 fully saturated rings. The molecule has 0 aliphatic carbocycles. The van der Waals surface area contributed by atoms with Crippen molar-refractivity contribution in [1.29, 1.82) is 0 Å². The average molecular weight is 348 g/mol. The third-order valence-electron chi connectivity index (χ3n) is 2.42. The predicted octanol–water partition coefficient (Wildman–Crippen LogP) is 4.46. The highest BCUT2D eigenvalue weighted by Crippen LogP contribution is 2.46. The van der Waals surface area contributed by atoms with E-state index in [0.29, 0.717) is 0 Å². The summed E-state index contributed by atoms with van der Waals surface area (Å²) in [5, 5.41) is 0. The number of hydrogen-bond donors (Lipinski definition) is 1. The van der Waals surface area contributed by atoms with E-state index in [1.54, 1.807) is 0 Å². The van der Waals surface area contributed by atoms with E-state index >= 15 is 0 Å². The van der Waals surface area contributed by atoms with Gasteiger partial charge in [-0.15, -0.1) is 12.4 Å². The predicted molar refractivity (Wildman–Crippen MR) is 56.6 cm³/mol. The molecule has 1 nitrogen and oxygen atoms in total. The van der Waals surface area contributed by atoms with Crippen LogP contribution in [-0.2, 0) is 6.18 Å². The molecule has 2 N–H and O–H groups in total. The highest BCUT2D eigenvalue weighted by atomic mass is 35.5. The average Bonchev–Trinajstić information content (AvgIpc) is 2.24. The molecule has 0 unspecified atom stereocenters. The minimum Gasteiger partial charge on any atom is -0.319 e. The summed E-state index contributed by atoms with van der Waals surface area (Å²) in [6.45, 7) is 0. The van der Waals surface area contributed by atoms with Gasteiger partial charge in [0.15, 0.2) is 0 Å². The SMILES string of the molecule is Cl.N[C@@H](c1cc(F)ccc1C(F)(F)F)C(F)(F)C(F)(F)F. The van der Waals surface area contributed by atoms with Gasteiger partial charge in [-0.05, 0) is 23.8 Å². The summed E-state index contributed by atoms with van der Waals surface area (Å²) in [5.74, 6) is -7.05. The smallest absolute Gasteiger partial charge is 0.319 e. The van der Waals surface area contributed by atoms with Crippen molar-refractivity contribution in [3.05, 3.63) is 35.1 Å². The van der Waals surface area contributed by atoms with Crippen LogP contribution in [0.3, 0.4) is 0 Å². The molecule has 0 bridgehead atoms. The van der Waals surface area contributed by atoms with E-state index in [4.69, 9.17) is 0 Å². The largest absolute Gasteiger partial charge is 0.455 e. The van der Waals surface area contributed by atoms with Crippen LogP contribution in [-0.4, -0.2) is 12.1 Å². The van der Waals surface area contributed by atoms with Crippen LogP contribution in [0, 0.1) is 5.82 Å². The standard InChI is InChI=1S/C10H6F9N.ClH/c11-4-1-2-6(9(14,15)16)5(3-4)7(20)8(12,13)10(17,18)19;/h1-3,7H,20H2;1H/t7-;/m0./s1. The minimum atomic E-state index is -6.17. The molecule has 1 aromatic rings. The molecular weight excluding hydrogens is 341 g/mol. The third-order valence-corrected chi connectivity index (χ3v) is 2.42. The zero-order valence-corrected chi connectivity index (χ0v) is 10.5. The quantitative estimate of drug-likeness (QED) is 0.785. The number of hydrogen-bond acceptors (Lipinski definition) is 1. The second-order valence-electron chi connectivity index (χ2n) is 3.83. The van der Waals surface area contributed by atoms with Gasteiger partial charge in [0.05, 0.1) is 5.56 Å². The van der Waals surface area contributed by atoms with Crippen molar-refractivity contribution in [2.75, 3.05) is 0 Å². The van der Waals surface area contributed by atoms with E-state index in [9.17, 15) is 39.5 Å². The van der Waals surface area contributed by atoms with Crippen molar-refractivity contribution in [3.8, 4) is 0 Å². The Balaban J connectivity index is 0.00000400. The fraction of sp³-hybridized carbons (Fsp3) is 0.400. The topological polar surface area (TPSA) is 26.0 Å². The second-order valence-corrected chi connectivity index (χ2v) is 3.83. The van der Waals surface area contributed by atoms with Crippen LogP contribution in [0.15, 0.2) is 18.2 Å². The van der Waals surface area contributed by atoms with Gasteiger partial charge in [0.1, 0.15) is 11.9 Å². The number of alkyl halides is 8. The van der Waals surface area contributed by atoms with E-state index in [1.165, 1.54) is 0 Å². The summed E-state index contributed by atoms with van der Waals surface area (Å²) in [4.78, 5) is 0. The molecule has 0 amide bonds. The van der Waals surface area contributed by atoms with Crippen LogP contribution in [0.5, 0.6) is 0 Å². The van der Waals surface area contributed by atoms with Gasteiger partial charge in [-0.3, -0.25) is 0 Å². The summed E-state index contributed by atoms with van der Waals surface area (Å²) < 4.78 is 113. The van der Waals surface area contributed by atoms with E-state index in [-0.39, 0.29) is 30.6 Å². The van der Waals surface area contributed by atoms with Gasteiger partial charge in [-0.2, -0.15) is 35.1 Å². The minimum absolute atomic E-state index is 0. The van der Waals surface area contributed by atoms with Crippen molar-refractivity contribution < 1.29 is 39.5 Å². The first-order chi connectivity index (χ1) is 8.78. The Hall–Kier alpha value is -1.16. The maximum absolute atomic E-state index is 13.0. The second kappa shape index (κ2) is 5.91. The van der Waals surface area contributed by atoms with Gasteiger partial charge < -0.3 is 5.73 Å². The Bertz CT molecular complexity index is 494. The number of halogens is 10. The van der Waals surface area contributed by atoms with E-state index in [1.807, 2.05) is 0 Å². The molecular formula is C10H7ClF9N. The molecule has 122 valence electrons. The molecule has 1 rings (SSSR count). The van der Waals surface area contributed by atoms with Crippen LogP contribution >= 0.6 is 12.4 Å². The zero-order valence-electron chi connectivity index (χ0n) is 9.70. The summed E-state index contributed by atoms with van der Waals surface area (Å²) in [6, 6.07) is -3.13. The van der Waals surface area contributed by atoms with Crippen molar-refractivity contribution in [2.24, 2.45) is 5.73 Å². The lowest BCUT2D eigenvalue weighted by molar-refractivity contribution is -0.291. The Morgan fingerprint density at radius 1 is 0.905 bits per heavy atom. The van der Waals surface area contributed by atoms with Crippen LogP contribution in [0.25, 0.3) is 0 Å². The molecule has 0 aliphatic heterocycles. The van der Waals surface area contributed by atoms with E-state index in [0.717, 1.165) is 0 Å². The van der Waals surface area contributed by atoms with Crippen LogP contribution < -0.4 is 5.73 Å².